The van der Waals surface area contributed by atoms with E-state index in [-0.39, 0.29) is 11.6 Å². The Hall–Kier alpha value is -2.53. The molecule has 186 valence electrons. The smallest absolute Gasteiger partial charge is 0.338 e. The summed E-state index contributed by atoms with van der Waals surface area (Å²) in [6, 6.07) is 6.26. The molecule has 0 saturated heterocycles. The Bertz CT molecular complexity index is 812. The van der Waals surface area contributed by atoms with Crippen molar-refractivity contribution in [3.63, 3.8) is 0 Å². The molecule has 1 aromatic rings. The van der Waals surface area contributed by atoms with Gasteiger partial charge in [0.25, 0.3) is 0 Å². The highest BCUT2D eigenvalue weighted by atomic mass is 28.4. The number of nitrogens with zero attached hydrogens (tertiary/aromatic N) is 2. The van der Waals surface area contributed by atoms with Gasteiger partial charge in [0.15, 0.2) is 14.4 Å². The van der Waals surface area contributed by atoms with Gasteiger partial charge in [-0.2, -0.15) is 0 Å². The lowest BCUT2D eigenvalue weighted by Gasteiger charge is -2.39. The highest BCUT2D eigenvalue weighted by Crippen LogP contribution is 2.37. The van der Waals surface area contributed by atoms with Crippen molar-refractivity contribution in [3.05, 3.63) is 50.1 Å². The van der Waals surface area contributed by atoms with Crippen molar-refractivity contribution in [3.8, 4) is 5.75 Å². The molecule has 0 N–H and O–H groups in total. The van der Waals surface area contributed by atoms with Crippen molar-refractivity contribution >= 4 is 14.3 Å². The predicted molar refractivity (Wildman–Crippen MR) is 126 cm³/mol. The van der Waals surface area contributed by atoms with Crippen molar-refractivity contribution in [2.24, 2.45) is 0 Å². The van der Waals surface area contributed by atoms with Crippen molar-refractivity contribution in [2.75, 3.05) is 19.7 Å². The first-order valence-corrected chi connectivity index (χ1v) is 13.7. The zero-order valence-corrected chi connectivity index (χ0v) is 21.7. The molecule has 0 fully saturated rings. The van der Waals surface area contributed by atoms with Crippen LogP contribution in [0, 0.1) is 20.2 Å². The summed E-state index contributed by atoms with van der Waals surface area (Å²) in [5.74, 6) is -0.950. The molecule has 0 radical (unpaired) electrons. The van der Waals surface area contributed by atoms with Crippen molar-refractivity contribution in [1.29, 1.82) is 0 Å². The topological polar surface area (TPSA) is 131 Å². The Morgan fingerprint density at radius 2 is 1.45 bits per heavy atom. The van der Waals surface area contributed by atoms with E-state index in [1.54, 1.807) is 45.0 Å². The lowest BCUT2D eigenvalue weighted by Crippen LogP contribution is -2.49. The molecule has 0 aliphatic rings. The first kappa shape index (κ1) is 28.5. The third kappa shape index (κ3) is 9.87. The number of ether oxygens (including phenoxy) is 2. The van der Waals surface area contributed by atoms with Gasteiger partial charge in [-0.25, -0.2) is 4.79 Å². The Kier molecular flexibility index (Phi) is 9.55. The lowest BCUT2D eigenvalue weighted by molar-refractivity contribution is -0.516. The van der Waals surface area contributed by atoms with E-state index in [4.69, 9.17) is 13.9 Å². The van der Waals surface area contributed by atoms with Crippen LogP contribution in [0.1, 0.15) is 53.0 Å². The van der Waals surface area contributed by atoms with Crippen LogP contribution in [0.3, 0.4) is 0 Å². The van der Waals surface area contributed by atoms with E-state index < -0.39 is 54.8 Å². The van der Waals surface area contributed by atoms with E-state index >= 15 is 0 Å². The van der Waals surface area contributed by atoms with Crippen molar-refractivity contribution in [2.45, 2.75) is 77.3 Å². The number of nitro groups is 2. The maximum atomic E-state index is 12.8. The van der Waals surface area contributed by atoms with Crippen LogP contribution >= 0.6 is 0 Å². The second-order valence-corrected chi connectivity index (χ2v) is 15.3. The standard InChI is InChI=1S/C22H36N2O8Si/c1-21(2,3)31-20(25)19(32-33(7,8)22(4,5)6)15-30-18-11-9-16(10-12-18)17(13-23(26)27)14-24(28)29/h9-12,17,19H,13-15H2,1-8H3/t19-/m1/s1. The number of carbonyl (C=O) groups is 1. The number of hydrogen-bond donors (Lipinski definition) is 0. The first-order chi connectivity index (χ1) is 14.9. The molecule has 1 rings (SSSR count). The second kappa shape index (κ2) is 11.1. The van der Waals surface area contributed by atoms with Crippen LogP contribution in [-0.4, -0.2) is 55.5 Å². The third-order valence-corrected chi connectivity index (χ3v) is 9.89. The SMILES string of the molecule is CC(C)(C)OC(=O)[C@@H](COc1ccc(C(C[N+](=O)[O-])C[N+](=O)[O-])cc1)O[Si](C)(C)C(C)(C)C. The lowest BCUT2D eigenvalue weighted by atomic mass is 9.99. The van der Waals surface area contributed by atoms with Gasteiger partial charge in [0.1, 0.15) is 23.9 Å². The van der Waals surface area contributed by atoms with Gasteiger partial charge in [-0.15, -0.1) is 0 Å². The molecule has 10 nitrogen and oxygen atoms in total. The molecule has 33 heavy (non-hydrogen) atoms. The fourth-order valence-electron chi connectivity index (χ4n) is 2.69. The van der Waals surface area contributed by atoms with Crippen molar-refractivity contribution < 1.29 is 28.5 Å². The Morgan fingerprint density at radius 3 is 1.85 bits per heavy atom. The number of esters is 1. The first-order valence-electron chi connectivity index (χ1n) is 10.8. The predicted octanol–water partition coefficient (Wildman–Crippen LogP) is 4.43. The minimum atomic E-state index is -2.31. The molecule has 0 heterocycles. The average Bonchev–Trinajstić information content (AvgIpc) is 2.61. The highest BCUT2D eigenvalue weighted by Gasteiger charge is 2.42. The second-order valence-electron chi connectivity index (χ2n) is 10.5. The van der Waals surface area contributed by atoms with Gasteiger partial charge in [-0.3, -0.25) is 20.2 Å². The van der Waals surface area contributed by atoms with Crippen LogP contribution in [0.5, 0.6) is 5.75 Å². The molecular weight excluding hydrogens is 448 g/mol. The summed E-state index contributed by atoms with van der Waals surface area (Å²) in [5.41, 5.74) is -0.214. The van der Waals surface area contributed by atoms with Gasteiger partial charge in [-0.1, -0.05) is 32.9 Å². The van der Waals surface area contributed by atoms with Gasteiger partial charge in [0.05, 0.1) is 0 Å². The van der Waals surface area contributed by atoms with Crippen molar-refractivity contribution in [1.82, 2.24) is 0 Å². The molecule has 0 aromatic heterocycles. The van der Waals surface area contributed by atoms with Crippen LogP contribution in [-0.2, 0) is 14.0 Å². The van der Waals surface area contributed by atoms with E-state index in [0.29, 0.717) is 11.3 Å². The van der Waals surface area contributed by atoms with Gasteiger partial charge in [0, 0.05) is 9.85 Å². The molecule has 0 amide bonds. The van der Waals surface area contributed by atoms with Crippen LogP contribution in [0.15, 0.2) is 24.3 Å². The molecule has 0 bridgehead atoms. The van der Waals surface area contributed by atoms with Crippen LogP contribution in [0.4, 0.5) is 0 Å². The Morgan fingerprint density at radius 1 is 0.970 bits per heavy atom. The van der Waals surface area contributed by atoms with Crippen LogP contribution in [0.2, 0.25) is 18.1 Å². The third-order valence-electron chi connectivity index (χ3n) is 5.40. The zero-order valence-electron chi connectivity index (χ0n) is 20.7. The van der Waals surface area contributed by atoms with E-state index in [0.717, 1.165) is 0 Å². The number of hydrogen-bond acceptors (Lipinski definition) is 8. The van der Waals surface area contributed by atoms with Gasteiger partial charge < -0.3 is 13.9 Å². The molecule has 11 heteroatoms. The largest absolute Gasteiger partial charge is 0.490 e. The summed E-state index contributed by atoms with van der Waals surface area (Å²) < 4.78 is 17.6. The quantitative estimate of drug-likeness (QED) is 0.195. The fraction of sp³-hybridized carbons (Fsp3) is 0.682. The van der Waals surface area contributed by atoms with E-state index in [1.165, 1.54) is 0 Å². The summed E-state index contributed by atoms with van der Waals surface area (Å²) in [7, 11) is -2.31. The monoisotopic (exact) mass is 484 g/mol. The minimum Gasteiger partial charge on any atom is -0.490 e. The average molecular weight is 485 g/mol. The Balaban J connectivity index is 3.00. The summed E-state index contributed by atoms with van der Waals surface area (Å²) >= 11 is 0. The normalized spacial score (nSPS) is 13.5. The summed E-state index contributed by atoms with van der Waals surface area (Å²) in [6.07, 6.45) is -0.929. The summed E-state index contributed by atoms with van der Waals surface area (Å²) in [5, 5.41) is 21.6. The van der Waals surface area contributed by atoms with E-state index in [2.05, 4.69) is 20.8 Å². The van der Waals surface area contributed by atoms with E-state index in [1.807, 2.05) is 13.1 Å². The van der Waals surface area contributed by atoms with Crippen LogP contribution < -0.4 is 4.74 Å². The van der Waals surface area contributed by atoms with Crippen LogP contribution in [0.25, 0.3) is 0 Å². The fourth-order valence-corrected chi connectivity index (χ4v) is 3.92. The molecule has 0 aliphatic carbocycles. The summed E-state index contributed by atoms with van der Waals surface area (Å²) in [4.78, 5) is 33.4. The Labute approximate surface area is 196 Å². The number of rotatable bonds is 11. The highest BCUT2D eigenvalue weighted by molar-refractivity contribution is 6.74. The molecule has 0 saturated carbocycles. The van der Waals surface area contributed by atoms with E-state index in [9.17, 15) is 25.0 Å². The van der Waals surface area contributed by atoms with Gasteiger partial charge in [-0.05, 0) is 56.6 Å². The molecule has 1 atom stereocenters. The zero-order chi connectivity index (χ0) is 25.6. The maximum absolute atomic E-state index is 12.8. The number of benzene rings is 1. The molecular formula is C22H36N2O8Si. The molecule has 0 aliphatic heterocycles. The minimum absolute atomic E-state index is 0.0754. The van der Waals surface area contributed by atoms with Gasteiger partial charge >= 0.3 is 5.97 Å². The molecule has 1 aromatic carbocycles. The number of carbonyl (C=O) groups excluding carboxylic acids is 1. The molecule has 0 spiro atoms. The molecule has 0 unspecified atom stereocenters. The summed E-state index contributed by atoms with van der Waals surface area (Å²) in [6.45, 7) is 14.4. The maximum Gasteiger partial charge on any atom is 0.338 e. The van der Waals surface area contributed by atoms with Gasteiger partial charge in [0.2, 0.25) is 13.1 Å².